The van der Waals surface area contributed by atoms with Crippen molar-refractivity contribution in [2.24, 2.45) is 0 Å². The molecule has 2 atom stereocenters. The lowest BCUT2D eigenvalue weighted by Crippen LogP contribution is -2.50. The minimum Gasteiger partial charge on any atom is -0.478 e. The molecule has 0 aromatic carbocycles. The molecule has 1 saturated heterocycles. The van der Waals surface area contributed by atoms with Gasteiger partial charge in [-0.25, -0.2) is 4.79 Å². The van der Waals surface area contributed by atoms with Crippen molar-refractivity contribution in [3.63, 3.8) is 0 Å². The Bertz CT molecular complexity index is 553. The highest BCUT2D eigenvalue weighted by molar-refractivity contribution is 5.93. The Morgan fingerprint density at radius 3 is 2.81 bits per heavy atom. The van der Waals surface area contributed by atoms with E-state index in [4.69, 9.17) is 9.84 Å². The van der Waals surface area contributed by atoms with Crippen LogP contribution >= 0.6 is 0 Å². The van der Waals surface area contributed by atoms with E-state index >= 15 is 0 Å². The van der Waals surface area contributed by atoms with Crippen LogP contribution in [0.4, 0.5) is 0 Å². The maximum Gasteiger partial charge on any atom is 0.328 e. The van der Waals surface area contributed by atoms with Crippen LogP contribution in [-0.4, -0.2) is 52.2 Å². The molecule has 1 aliphatic heterocycles. The summed E-state index contributed by atoms with van der Waals surface area (Å²) in [4.78, 5) is 28.7. The van der Waals surface area contributed by atoms with Gasteiger partial charge in [-0.3, -0.25) is 9.78 Å². The van der Waals surface area contributed by atoms with E-state index < -0.39 is 5.97 Å². The average Bonchev–Trinajstić information content (AvgIpc) is 2.47. The van der Waals surface area contributed by atoms with Crippen molar-refractivity contribution in [3.05, 3.63) is 35.7 Å². The SMILES string of the molecule is CC1CN(C(=O)c2ccc(C=CC(=O)O)cn2)C(C)CO1. The van der Waals surface area contributed by atoms with Crippen molar-refractivity contribution < 1.29 is 19.4 Å². The van der Waals surface area contributed by atoms with Crippen molar-refractivity contribution >= 4 is 18.0 Å². The number of hydrogen-bond donors (Lipinski definition) is 1. The van der Waals surface area contributed by atoms with E-state index in [0.717, 1.165) is 6.08 Å². The number of carboxylic acid groups (broad SMARTS) is 1. The lowest BCUT2D eigenvalue weighted by atomic mass is 10.1. The summed E-state index contributed by atoms with van der Waals surface area (Å²) in [5.74, 6) is -1.15. The van der Waals surface area contributed by atoms with E-state index in [1.165, 1.54) is 12.3 Å². The fourth-order valence-corrected chi connectivity index (χ4v) is 2.13. The first-order chi connectivity index (χ1) is 9.97. The quantitative estimate of drug-likeness (QED) is 0.852. The van der Waals surface area contributed by atoms with Gasteiger partial charge in [0.25, 0.3) is 5.91 Å². The molecule has 6 nitrogen and oxygen atoms in total. The number of pyridine rings is 1. The van der Waals surface area contributed by atoms with Gasteiger partial charge < -0.3 is 14.7 Å². The second-order valence-electron chi connectivity index (χ2n) is 5.10. The fraction of sp³-hybridized carbons (Fsp3) is 0.400. The molecule has 6 heteroatoms. The highest BCUT2D eigenvalue weighted by Crippen LogP contribution is 2.15. The first kappa shape index (κ1) is 15.2. The number of carbonyl (C=O) groups is 2. The Balaban J connectivity index is 2.10. The van der Waals surface area contributed by atoms with Crippen molar-refractivity contribution in [1.29, 1.82) is 0 Å². The van der Waals surface area contributed by atoms with Crippen molar-refractivity contribution in [2.75, 3.05) is 13.2 Å². The molecule has 0 bridgehead atoms. The zero-order chi connectivity index (χ0) is 15.4. The third kappa shape index (κ3) is 3.88. The Hall–Kier alpha value is -2.21. The largest absolute Gasteiger partial charge is 0.478 e. The predicted octanol–water partition coefficient (Wildman–Crippen LogP) is 1.43. The number of carbonyl (C=O) groups excluding carboxylic acids is 1. The Kier molecular flexibility index (Phi) is 4.70. The van der Waals surface area contributed by atoms with Crippen LogP contribution < -0.4 is 0 Å². The van der Waals surface area contributed by atoms with Gasteiger partial charge >= 0.3 is 5.97 Å². The van der Waals surface area contributed by atoms with E-state index in [1.807, 2.05) is 13.8 Å². The van der Waals surface area contributed by atoms with Gasteiger partial charge in [0.2, 0.25) is 0 Å². The third-order valence-electron chi connectivity index (χ3n) is 3.29. The minimum absolute atomic E-state index is 0.0158. The average molecular weight is 290 g/mol. The van der Waals surface area contributed by atoms with E-state index in [9.17, 15) is 9.59 Å². The molecule has 2 rings (SSSR count). The zero-order valence-electron chi connectivity index (χ0n) is 12.0. The fourth-order valence-electron chi connectivity index (χ4n) is 2.13. The highest BCUT2D eigenvalue weighted by Gasteiger charge is 2.28. The molecular formula is C15H18N2O4. The van der Waals surface area contributed by atoms with Crippen LogP contribution in [0, 0.1) is 0 Å². The smallest absolute Gasteiger partial charge is 0.328 e. The van der Waals surface area contributed by atoms with Crippen LogP contribution in [0.5, 0.6) is 0 Å². The predicted molar refractivity (Wildman–Crippen MR) is 76.8 cm³/mol. The highest BCUT2D eigenvalue weighted by atomic mass is 16.5. The molecule has 2 heterocycles. The second kappa shape index (κ2) is 6.49. The number of nitrogens with zero attached hydrogens (tertiary/aromatic N) is 2. The van der Waals surface area contributed by atoms with E-state index in [2.05, 4.69) is 4.98 Å². The topological polar surface area (TPSA) is 79.7 Å². The van der Waals surface area contributed by atoms with Crippen molar-refractivity contribution in [3.8, 4) is 0 Å². The summed E-state index contributed by atoms with van der Waals surface area (Å²) in [6, 6.07) is 3.30. The molecule has 1 fully saturated rings. The van der Waals surface area contributed by atoms with E-state index in [0.29, 0.717) is 24.4 Å². The molecule has 0 spiro atoms. The molecule has 21 heavy (non-hydrogen) atoms. The summed E-state index contributed by atoms with van der Waals surface area (Å²) >= 11 is 0. The summed E-state index contributed by atoms with van der Waals surface area (Å²) in [7, 11) is 0. The first-order valence-corrected chi connectivity index (χ1v) is 6.77. The van der Waals surface area contributed by atoms with Crippen LogP contribution in [0.1, 0.15) is 29.9 Å². The number of hydrogen-bond acceptors (Lipinski definition) is 4. The number of aliphatic carboxylic acids is 1. The number of amides is 1. The molecule has 2 unspecified atom stereocenters. The van der Waals surface area contributed by atoms with Crippen LogP contribution in [0.25, 0.3) is 6.08 Å². The molecule has 1 aromatic heterocycles. The molecule has 1 amide bonds. The number of ether oxygens (including phenoxy) is 1. The van der Waals surface area contributed by atoms with Gasteiger partial charge in [0, 0.05) is 18.8 Å². The van der Waals surface area contributed by atoms with Gasteiger partial charge in [-0.15, -0.1) is 0 Å². The van der Waals surface area contributed by atoms with Crippen LogP contribution in [-0.2, 0) is 9.53 Å². The summed E-state index contributed by atoms with van der Waals surface area (Å²) in [6.07, 6.45) is 3.97. The lowest BCUT2D eigenvalue weighted by molar-refractivity contribution is -0.131. The summed E-state index contributed by atoms with van der Waals surface area (Å²) in [6.45, 7) is 4.93. The van der Waals surface area contributed by atoms with Crippen molar-refractivity contribution in [1.82, 2.24) is 9.88 Å². The third-order valence-corrected chi connectivity index (χ3v) is 3.29. The Labute approximate surface area is 123 Å². The molecule has 0 aliphatic carbocycles. The van der Waals surface area contributed by atoms with E-state index in [1.54, 1.807) is 17.0 Å². The van der Waals surface area contributed by atoms with Crippen LogP contribution in [0.2, 0.25) is 0 Å². The van der Waals surface area contributed by atoms with Gasteiger partial charge in [0.05, 0.1) is 18.8 Å². The second-order valence-corrected chi connectivity index (χ2v) is 5.10. The van der Waals surface area contributed by atoms with Crippen LogP contribution in [0.3, 0.4) is 0 Å². The maximum absolute atomic E-state index is 12.4. The summed E-state index contributed by atoms with van der Waals surface area (Å²) in [5.41, 5.74) is 0.987. The Morgan fingerprint density at radius 1 is 1.43 bits per heavy atom. The van der Waals surface area contributed by atoms with Gasteiger partial charge in [0.15, 0.2) is 0 Å². The van der Waals surface area contributed by atoms with E-state index in [-0.39, 0.29) is 18.1 Å². The van der Waals surface area contributed by atoms with Gasteiger partial charge in [-0.05, 0) is 31.6 Å². The number of morpholine rings is 1. The number of carboxylic acids is 1. The maximum atomic E-state index is 12.4. The molecular weight excluding hydrogens is 272 g/mol. The molecule has 112 valence electrons. The van der Waals surface area contributed by atoms with Gasteiger partial charge in [-0.2, -0.15) is 0 Å². The standard InChI is InChI=1S/C15H18N2O4/c1-10-9-21-11(2)8-17(10)15(20)13-5-3-12(7-16-13)4-6-14(18)19/h3-7,10-11H,8-9H2,1-2H3,(H,18,19). The van der Waals surface area contributed by atoms with Crippen LogP contribution in [0.15, 0.2) is 24.4 Å². The van der Waals surface area contributed by atoms with Gasteiger partial charge in [0.1, 0.15) is 5.69 Å². The molecule has 0 radical (unpaired) electrons. The summed E-state index contributed by atoms with van der Waals surface area (Å²) in [5, 5.41) is 8.56. The molecule has 1 N–H and O–H groups in total. The normalized spacial score (nSPS) is 22.5. The monoisotopic (exact) mass is 290 g/mol. The molecule has 0 saturated carbocycles. The van der Waals surface area contributed by atoms with Gasteiger partial charge in [-0.1, -0.05) is 6.07 Å². The number of aromatic nitrogens is 1. The summed E-state index contributed by atoms with van der Waals surface area (Å²) < 4.78 is 5.50. The lowest BCUT2D eigenvalue weighted by Gasteiger charge is -2.36. The molecule has 1 aromatic rings. The Morgan fingerprint density at radius 2 is 2.19 bits per heavy atom. The minimum atomic E-state index is -1.02. The van der Waals surface area contributed by atoms with Crippen molar-refractivity contribution in [2.45, 2.75) is 26.0 Å². The zero-order valence-corrected chi connectivity index (χ0v) is 12.0. The molecule has 1 aliphatic rings. The first-order valence-electron chi connectivity index (χ1n) is 6.77. The number of rotatable bonds is 3.